The van der Waals surface area contributed by atoms with E-state index in [1.165, 1.54) is 68.0 Å². The van der Waals surface area contributed by atoms with Crippen LogP contribution in [-0.2, 0) is 107 Å². The number of aromatic hydroxyl groups is 1. The van der Waals surface area contributed by atoms with Crippen molar-refractivity contribution in [2.75, 3.05) is 67.1 Å². The number of aliphatic hydroxyl groups excluding tert-OH is 2. The van der Waals surface area contributed by atoms with Gasteiger partial charge in [-0.15, -0.1) is 0 Å². The van der Waals surface area contributed by atoms with Crippen molar-refractivity contribution in [2.24, 2.45) is 23.3 Å². The highest BCUT2D eigenvalue weighted by molar-refractivity contribution is 6.02. The number of carbonyl (C=O) groups is 16. The molecule has 3 aliphatic heterocycles. The van der Waals surface area contributed by atoms with Gasteiger partial charge in [0.25, 0.3) is 0 Å². The number of phenolic OH excluding ortho intramolecular Hbond substituents is 1. The van der Waals surface area contributed by atoms with E-state index in [1.807, 2.05) is 27.7 Å². The SMILES string of the molecule is CCCC[C@H]1C(=O)N(C)[C@@H](CCCC)C(=O)N[C@@H](CC(C)C)C(=O)NCCOCC(=O)N[C@@H](Cc2ccc(O)cc2)C(=O)N(C)[C@@H](C)C(=O)N[C@@H](CC(N)=O)C(=O)N2CCC[C@H]2C(=O)N[C@@H](CN)C(=O)N[C@@H](CC(C)C)C(=O)N2C[C@H](O)C[C@H]2C(=O)N[C@@H](Cc2c[nH]c3ccccc23)C(=O)N[C@@H](CO)C(=O)N[C@@H](Cc2cn(CC(=O)O)c3ccccc23)C(=O)N1C. The molecule has 39 nitrogen and oxygen atoms in total. The summed E-state index contributed by atoms with van der Waals surface area (Å²) < 4.78 is 7.13. The van der Waals surface area contributed by atoms with Crippen molar-refractivity contribution in [2.45, 2.75) is 236 Å². The Labute approximate surface area is 731 Å². The smallest absolute Gasteiger partial charge is 0.323 e. The van der Waals surface area contributed by atoms with Crippen LogP contribution in [0, 0.1) is 11.8 Å². The van der Waals surface area contributed by atoms with Crippen LogP contribution < -0.4 is 59.3 Å². The van der Waals surface area contributed by atoms with Crippen molar-refractivity contribution in [3.63, 3.8) is 0 Å². The zero-order valence-corrected chi connectivity index (χ0v) is 73.2. The van der Waals surface area contributed by atoms with Crippen molar-refractivity contribution in [1.82, 2.24) is 81.9 Å². The minimum atomic E-state index is -1.92. The van der Waals surface area contributed by atoms with E-state index < -0.39 is 225 Å². The molecule has 0 bridgehead atoms. The minimum Gasteiger partial charge on any atom is -0.508 e. The Morgan fingerprint density at radius 2 is 1.11 bits per heavy atom. The highest BCUT2D eigenvalue weighted by Crippen LogP contribution is 2.29. The van der Waals surface area contributed by atoms with Gasteiger partial charge in [-0.2, -0.15) is 0 Å². The average Bonchev–Trinajstić information content (AvgIpc) is 1.60. The van der Waals surface area contributed by atoms with Crippen LogP contribution in [0.15, 0.2) is 85.2 Å². The molecule has 2 aromatic heterocycles. The molecule has 14 atom stereocenters. The third kappa shape index (κ3) is 26.7. The number of nitrogens with one attached hydrogen (secondary N) is 10. The molecule has 18 N–H and O–H groups in total. The topological polar surface area (TPSA) is 560 Å². The Bertz CT molecular complexity index is 4710. The molecule has 0 spiro atoms. The van der Waals surface area contributed by atoms with E-state index in [0.29, 0.717) is 64.2 Å². The number of rotatable bonds is 22. The van der Waals surface area contributed by atoms with Crippen LogP contribution >= 0.6 is 0 Å². The molecule has 5 aromatic rings. The van der Waals surface area contributed by atoms with Gasteiger partial charge < -0.3 is 119 Å². The van der Waals surface area contributed by atoms with E-state index in [0.717, 1.165) is 19.6 Å². The van der Waals surface area contributed by atoms with Crippen LogP contribution in [-0.4, -0.2) is 301 Å². The lowest BCUT2D eigenvalue weighted by Crippen LogP contribution is -2.62. The Morgan fingerprint density at radius 1 is 0.563 bits per heavy atom. The number of nitrogens with two attached hydrogens (primary N) is 2. The summed E-state index contributed by atoms with van der Waals surface area (Å²) in [5.74, 6) is -15.4. The molecule has 0 radical (unpaired) electrons. The fourth-order valence-electron chi connectivity index (χ4n) is 16.1. The number of aliphatic carboxylic acids is 1. The number of nitrogens with zero attached hydrogens (tertiary/aromatic N) is 6. The summed E-state index contributed by atoms with van der Waals surface area (Å²) in [6.45, 7) is 8.20. The first-order valence-electron chi connectivity index (χ1n) is 43.0. The molecule has 0 aliphatic carbocycles. The molecule has 126 heavy (non-hydrogen) atoms. The lowest BCUT2D eigenvalue weighted by atomic mass is 9.99. The predicted octanol–water partition coefficient (Wildman–Crippen LogP) is -1.28. The molecule has 0 saturated carbocycles. The number of hydrogen-bond acceptors (Lipinski definition) is 21. The third-order valence-electron chi connectivity index (χ3n) is 23.0. The monoisotopic (exact) mass is 1760 g/mol. The number of amides is 15. The molecule has 8 rings (SSSR count). The van der Waals surface area contributed by atoms with Crippen molar-refractivity contribution < 1.29 is 102 Å². The van der Waals surface area contributed by atoms with Crippen molar-refractivity contribution in [1.29, 1.82) is 0 Å². The van der Waals surface area contributed by atoms with E-state index in [4.69, 9.17) is 16.2 Å². The van der Waals surface area contributed by atoms with Gasteiger partial charge in [0, 0.05) is 107 Å². The molecular formula is C87H124N18O21. The van der Waals surface area contributed by atoms with Crippen molar-refractivity contribution >= 4 is 116 Å². The molecule has 15 amide bonds. The van der Waals surface area contributed by atoms with E-state index in [1.54, 1.807) is 68.6 Å². The summed E-state index contributed by atoms with van der Waals surface area (Å²) in [5.41, 5.74) is 14.2. The fraction of sp³-hybridized carbons (Fsp3) is 0.563. The average molecular weight is 1760 g/mol. The van der Waals surface area contributed by atoms with Gasteiger partial charge in [-0.3, -0.25) is 76.7 Å². The van der Waals surface area contributed by atoms with Crippen LogP contribution in [0.25, 0.3) is 21.8 Å². The van der Waals surface area contributed by atoms with Crippen LogP contribution in [0.2, 0.25) is 0 Å². The Morgan fingerprint density at radius 3 is 1.76 bits per heavy atom. The number of carboxylic acid groups (broad SMARTS) is 1. The molecule has 3 aliphatic rings. The number of fused-ring (bicyclic) bond motifs is 4. The summed E-state index contributed by atoms with van der Waals surface area (Å²) >= 11 is 0. The maximum atomic E-state index is 15.7. The number of likely N-dealkylation sites (N-methyl/N-ethyl adjacent to an activating group) is 3. The molecule has 3 fully saturated rings. The maximum Gasteiger partial charge on any atom is 0.323 e. The summed E-state index contributed by atoms with van der Waals surface area (Å²) in [4.78, 5) is 241. The zero-order chi connectivity index (χ0) is 92.5. The van der Waals surface area contributed by atoms with Gasteiger partial charge in [0.2, 0.25) is 88.6 Å². The van der Waals surface area contributed by atoms with Gasteiger partial charge in [-0.1, -0.05) is 116 Å². The van der Waals surface area contributed by atoms with Crippen molar-refractivity contribution in [3.05, 3.63) is 102 Å². The predicted molar refractivity (Wildman–Crippen MR) is 460 cm³/mol. The quantitative estimate of drug-likeness (QED) is 0.0384. The highest BCUT2D eigenvalue weighted by atomic mass is 16.5. The molecule has 3 aromatic carbocycles. The number of para-hydroxylation sites is 2. The minimum absolute atomic E-state index is 0.00457. The number of unbranched alkanes of at least 4 members (excludes halogenated alkanes) is 2. The number of benzene rings is 3. The number of carbonyl (C=O) groups excluding carboxylic acids is 15. The van der Waals surface area contributed by atoms with Gasteiger partial charge in [-0.25, -0.2) is 0 Å². The van der Waals surface area contributed by atoms with Crippen LogP contribution in [0.3, 0.4) is 0 Å². The number of phenols is 1. The van der Waals surface area contributed by atoms with Crippen molar-refractivity contribution in [3.8, 4) is 5.75 Å². The lowest BCUT2D eigenvalue weighted by Gasteiger charge is -2.36. The van der Waals surface area contributed by atoms with E-state index in [9.17, 15) is 68.4 Å². The van der Waals surface area contributed by atoms with Gasteiger partial charge >= 0.3 is 5.97 Å². The molecule has 3 saturated heterocycles. The molecular weight excluding hydrogens is 1630 g/mol. The normalized spacial score (nSPS) is 25.3. The standard InChI is InChI=1S/C87H124N18O21/c1-11-13-23-68-80(118)93-59(34-48(3)4)76(114)90-31-33-126-47-73(110)92-62(36-51-27-29-54(107)30-28-51)83(121)100(8)50(7)75(113)95-64(40-72(89)109)85(123)104-32-19-26-69(104)81(119)98-65(41-88)78(116)96-61(35-49(5)6)86(124)105-44-55(108)39-71(105)82(120)94-60(37-52-42-91-58-22-17-15-20-56(52)58)77(115)99-66(46-106)79(117)97-63(84(122)102(10)70(24-14-12-2)87(125)101(68)9)38-53-43-103(45-74(111)112)67-25-18-16-21-57(53)67/h15-18,20-22,25,27-30,42-43,48-50,55,59-66,68-71,91,106-108H,11-14,19,23-24,26,31-41,44-47,88H2,1-10H3,(H2,89,109)(H,90,114)(H,92,110)(H,93,118)(H,94,120)(H,95,113)(H,96,116)(H,97,117)(H,98,119)(H,99,115)(H,111,112)/t50-,55+,59-,60-,61-,62-,63-,64-,65-,66-,68-,69-,70-,71-/m0/s1. The second-order valence-electron chi connectivity index (χ2n) is 33.5. The third-order valence-corrected chi connectivity index (χ3v) is 23.0. The summed E-state index contributed by atoms with van der Waals surface area (Å²) in [6, 6.07) is -0.239. The summed E-state index contributed by atoms with van der Waals surface area (Å²) in [6.07, 6.45) is 1.81. The largest absolute Gasteiger partial charge is 0.508 e. The summed E-state index contributed by atoms with van der Waals surface area (Å²) in [5, 5.41) is 67.8. The second kappa shape index (κ2) is 46.7. The maximum absolute atomic E-state index is 15.7. The number of aliphatic hydroxyl groups is 2. The Balaban J connectivity index is 1.16. The second-order valence-corrected chi connectivity index (χ2v) is 33.5. The number of ether oxygens (including phenoxy) is 1. The van der Waals surface area contributed by atoms with Crippen LogP contribution in [0.4, 0.5) is 0 Å². The van der Waals surface area contributed by atoms with E-state index in [-0.39, 0.29) is 95.1 Å². The Kier molecular flexibility index (Phi) is 36.9. The first-order valence-corrected chi connectivity index (χ1v) is 43.0. The fourth-order valence-corrected chi connectivity index (χ4v) is 16.1. The van der Waals surface area contributed by atoms with Crippen LogP contribution in [0.5, 0.6) is 5.75 Å². The zero-order valence-electron chi connectivity index (χ0n) is 73.2. The molecule has 0 unspecified atom stereocenters. The number of aromatic amines is 1. The number of primary amides is 1. The van der Waals surface area contributed by atoms with Gasteiger partial charge in [0.05, 0.1) is 25.7 Å². The van der Waals surface area contributed by atoms with Gasteiger partial charge in [0.1, 0.15) is 97.4 Å². The van der Waals surface area contributed by atoms with Gasteiger partial charge in [0.15, 0.2) is 0 Å². The number of hydrogen-bond donors (Lipinski definition) is 16. The molecule has 688 valence electrons. The molecule has 39 heteroatoms. The van der Waals surface area contributed by atoms with E-state index >= 15 is 28.8 Å². The van der Waals surface area contributed by atoms with Crippen LogP contribution in [0.1, 0.15) is 142 Å². The molecule has 5 heterocycles. The van der Waals surface area contributed by atoms with Gasteiger partial charge in [-0.05, 0) is 98.2 Å². The number of H-pyrrole nitrogens is 1. The first-order chi connectivity index (χ1) is 59.9. The Hall–Kier alpha value is -12.1. The first kappa shape index (κ1) is 99.3. The highest BCUT2D eigenvalue weighted by Gasteiger charge is 2.46. The number of aromatic nitrogens is 2. The lowest BCUT2D eigenvalue weighted by molar-refractivity contribution is -0.149. The number of carboxylic acids is 1. The van der Waals surface area contributed by atoms with E-state index in [2.05, 4.69) is 52.8 Å². The summed E-state index contributed by atoms with van der Waals surface area (Å²) in [7, 11) is 3.98.